The lowest BCUT2D eigenvalue weighted by molar-refractivity contribution is -0.330. The molecule has 0 amide bonds. The molecule has 7 fully saturated rings. The summed E-state index contributed by atoms with van der Waals surface area (Å²) < 4.78 is 29.9. The van der Waals surface area contributed by atoms with Crippen LogP contribution in [0.25, 0.3) is 0 Å². The monoisotopic (exact) mass is 941 g/mol. The number of fused-ring (bicyclic) bond motifs is 7. The van der Waals surface area contributed by atoms with E-state index in [-0.39, 0.29) is 59.4 Å². The fraction of sp³-hybridized carbons (Fsp3) is 0.939. The van der Waals surface area contributed by atoms with Gasteiger partial charge >= 0.3 is 5.97 Å². The minimum absolute atomic E-state index is 0.0492. The van der Waals surface area contributed by atoms with Gasteiger partial charge in [0, 0.05) is 11.3 Å². The summed E-state index contributed by atoms with van der Waals surface area (Å²) in [4.78, 5) is 14.4. The second-order valence-corrected chi connectivity index (χ2v) is 23.1. The number of aliphatic hydroxyl groups is 11. The first-order valence-electron chi connectivity index (χ1n) is 24.9. The number of hydrogen-bond donors (Lipinski definition) is 11. The molecule has 378 valence electrons. The molecule has 19 unspecified atom stereocenters. The van der Waals surface area contributed by atoms with E-state index in [1.807, 2.05) is 6.92 Å². The number of ether oxygens (including phenoxy) is 5. The molecule has 17 nitrogen and oxygen atoms in total. The fourth-order valence-electron chi connectivity index (χ4n) is 15.4. The van der Waals surface area contributed by atoms with Crippen LogP contribution in [-0.4, -0.2) is 174 Å². The van der Waals surface area contributed by atoms with Crippen molar-refractivity contribution in [2.24, 2.45) is 75.4 Å². The predicted octanol–water partition coefficient (Wildman–Crippen LogP) is 0.372. The highest BCUT2D eigenvalue weighted by Crippen LogP contribution is 2.70. The Balaban J connectivity index is 0.933. The van der Waals surface area contributed by atoms with Gasteiger partial charge in [0.05, 0.1) is 56.3 Å². The smallest absolute Gasteiger partial charge is 0.311 e. The Morgan fingerprint density at radius 1 is 0.742 bits per heavy atom. The van der Waals surface area contributed by atoms with Crippen molar-refractivity contribution in [3.63, 3.8) is 0 Å². The quantitative estimate of drug-likeness (QED) is 0.110. The Kier molecular flexibility index (Phi) is 14.7. The third kappa shape index (κ3) is 8.26. The van der Waals surface area contributed by atoms with E-state index in [4.69, 9.17) is 23.7 Å². The van der Waals surface area contributed by atoms with E-state index in [1.165, 1.54) is 5.57 Å². The van der Waals surface area contributed by atoms with Crippen molar-refractivity contribution in [3.05, 3.63) is 11.6 Å². The van der Waals surface area contributed by atoms with Gasteiger partial charge in [0.15, 0.2) is 6.29 Å². The van der Waals surface area contributed by atoms with Gasteiger partial charge in [-0.15, -0.1) is 0 Å². The highest BCUT2D eigenvalue weighted by atomic mass is 16.7. The van der Waals surface area contributed by atoms with Crippen LogP contribution in [0.3, 0.4) is 0 Å². The molecule has 5 saturated carbocycles. The zero-order chi connectivity index (χ0) is 48.1. The first-order valence-corrected chi connectivity index (χ1v) is 24.9. The zero-order valence-corrected chi connectivity index (χ0v) is 39.7. The normalized spacial score (nSPS) is 56.2. The minimum Gasteiger partial charge on any atom is -0.432 e. The van der Waals surface area contributed by atoms with Gasteiger partial charge in [0.25, 0.3) is 0 Å². The number of rotatable bonds is 9. The Bertz CT molecular complexity index is 1750. The molecule has 8 rings (SSSR count). The molecule has 17 heteroatoms. The predicted molar refractivity (Wildman–Crippen MR) is 233 cm³/mol. The number of carbonyl (C=O) groups excluding carboxylic acids is 1. The van der Waals surface area contributed by atoms with Crippen LogP contribution in [-0.2, 0) is 28.5 Å². The maximum atomic E-state index is 14.4. The summed E-state index contributed by atoms with van der Waals surface area (Å²) in [6, 6.07) is 0. The van der Waals surface area contributed by atoms with Crippen LogP contribution >= 0.6 is 0 Å². The third-order valence-electron chi connectivity index (χ3n) is 19.6. The van der Waals surface area contributed by atoms with E-state index >= 15 is 0 Å². The molecule has 0 radical (unpaired) electrons. The van der Waals surface area contributed by atoms with Crippen LogP contribution in [0.2, 0.25) is 0 Å². The summed E-state index contributed by atoms with van der Waals surface area (Å²) in [5.41, 5.74) is 0.159. The van der Waals surface area contributed by atoms with Crippen molar-refractivity contribution in [2.45, 2.75) is 192 Å². The van der Waals surface area contributed by atoms with Crippen LogP contribution in [0.4, 0.5) is 0 Å². The highest BCUT2D eigenvalue weighted by Gasteiger charge is 2.66. The summed E-state index contributed by atoms with van der Waals surface area (Å²) >= 11 is 0. The van der Waals surface area contributed by atoms with E-state index in [9.17, 15) is 61.0 Å². The van der Waals surface area contributed by atoms with Crippen LogP contribution in [0.5, 0.6) is 0 Å². The first kappa shape index (κ1) is 51.0. The number of esters is 1. The summed E-state index contributed by atoms with van der Waals surface area (Å²) in [5, 5.41) is 119. The molecule has 0 spiro atoms. The molecule has 0 aromatic carbocycles. The Morgan fingerprint density at radius 2 is 1.42 bits per heavy atom. The van der Waals surface area contributed by atoms with E-state index in [1.54, 1.807) is 13.8 Å². The van der Waals surface area contributed by atoms with Gasteiger partial charge in [-0.2, -0.15) is 0 Å². The summed E-state index contributed by atoms with van der Waals surface area (Å²) in [7, 11) is 0. The molecule has 8 aliphatic rings. The van der Waals surface area contributed by atoms with Gasteiger partial charge in [-0.1, -0.05) is 60.1 Å². The van der Waals surface area contributed by atoms with Crippen LogP contribution in [0, 0.1) is 75.4 Å². The van der Waals surface area contributed by atoms with Crippen LogP contribution in [0.15, 0.2) is 11.6 Å². The topological polar surface area (TPSA) is 286 Å². The number of aliphatic hydroxyl groups excluding tert-OH is 11. The van der Waals surface area contributed by atoms with Gasteiger partial charge in [0.2, 0.25) is 6.29 Å². The zero-order valence-electron chi connectivity index (χ0n) is 39.7. The van der Waals surface area contributed by atoms with Gasteiger partial charge in [-0.3, -0.25) is 4.79 Å². The molecule has 66 heavy (non-hydrogen) atoms. The second-order valence-electron chi connectivity index (χ2n) is 23.1. The molecule has 0 aromatic rings. The van der Waals surface area contributed by atoms with Crippen LogP contribution in [0.1, 0.15) is 99.8 Å². The van der Waals surface area contributed by atoms with Gasteiger partial charge in [0.1, 0.15) is 48.8 Å². The van der Waals surface area contributed by atoms with E-state index in [2.05, 4.69) is 33.8 Å². The van der Waals surface area contributed by atoms with Crippen molar-refractivity contribution >= 4 is 5.97 Å². The molecular formula is C49H80O17. The average molecular weight is 941 g/mol. The van der Waals surface area contributed by atoms with E-state index < -0.39 is 134 Å². The Morgan fingerprint density at radius 3 is 2.11 bits per heavy atom. The summed E-state index contributed by atoms with van der Waals surface area (Å²) in [5.74, 6) is -1.11. The lowest BCUT2D eigenvalue weighted by Crippen LogP contribution is -2.65. The van der Waals surface area contributed by atoms with Crippen molar-refractivity contribution in [1.82, 2.24) is 0 Å². The molecule has 6 aliphatic carbocycles. The maximum absolute atomic E-state index is 14.4. The van der Waals surface area contributed by atoms with Crippen LogP contribution < -0.4 is 0 Å². The molecule has 0 aromatic heterocycles. The molecule has 11 N–H and O–H groups in total. The first-order chi connectivity index (χ1) is 31.0. The lowest BCUT2D eigenvalue weighted by Gasteiger charge is -2.67. The molecule has 2 saturated heterocycles. The van der Waals surface area contributed by atoms with Crippen molar-refractivity contribution in [1.29, 1.82) is 0 Å². The van der Waals surface area contributed by atoms with Gasteiger partial charge in [-0.25, -0.2) is 0 Å². The van der Waals surface area contributed by atoms with Crippen molar-refractivity contribution in [3.8, 4) is 0 Å². The SMILES string of the molecule is CC1CC(C(=O)O[C@@H]2OC(CO[C@@H]3OC(CO)C(O[C@@H]4CC(C)C(O)[C@H](O)[C@@H]4O)[C@@H](C)[C@@H]3O)C(O)[C@@H](O)[C@@H]2O)C2CCC3(C)C(=CCC4C3CCC3C(C)(CO)C(O)C(O)CC43C)C2C1C. The molecular weight excluding hydrogens is 861 g/mol. The maximum Gasteiger partial charge on any atom is 0.311 e. The van der Waals surface area contributed by atoms with Crippen molar-refractivity contribution < 1.29 is 84.7 Å². The van der Waals surface area contributed by atoms with Crippen molar-refractivity contribution in [2.75, 3.05) is 19.8 Å². The fourth-order valence-corrected chi connectivity index (χ4v) is 15.4. The summed E-state index contributed by atoms with van der Waals surface area (Å²) in [6.07, 6.45) is -11.9. The van der Waals surface area contributed by atoms with Gasteiger partial charge in [-0.05, 0) is 110 Å². The summed E-state index contributed by atoms with van der Waals surface area (Å²) in [6.45, 7) is 13.1. The average Bonchev–Trinajstić information content (AvgIpc) is 3.29. The minimum atomic E-state index is -1.78. The number of hydrogen-bond acceptors (Lipinski definition) is 17. The lowest BCUT2D eigenvalue weighted by atomic mass is 9.38. The van der Waals surface area contributed by atoms with E-state index in [0.717, 1.165) is 32.1 Å². The number of allylic oxidation sites excluding steroid dienone is 2. The number of carbonyl (C=O) groups is 1. The Labute approximate surface area is 388 Å². The van der Waals surface area contributed by atoms with Gasteiger partial charge < -0.3 is 79.9 Å². The highest BCUT2D eigenvalue weighted by molar-refractivity contribution is 5.73. The standard InChI is InChI=1S/C49H80O17/c1-20-14-25(24-12-13-47(5)26-10-11-33-48(6,16-29(52)43(60)49(33,7)19-51)27(26)8-9-28(47)34(24)22(20)3)44(61)66-46-41(59)40(58)38(56)32(65-46)18-62-45-36(54)23(4)42(31(17-50)64-45)63-30-15-21(2)35(53)39(57)37(30)55/h9,20-27,29-43,45-46,50-60H,8,10-19H2,1-7H3/t20?,21?,22?,23-,24?,25?,26?,27?,29?,30+,31?,32?,33?,34?,35?,36-,37+,38?,39-,40+,41-,42?,43?,45+,46-,47?,48?,49?/m0/s1. The molecule has 0 bridgehead atoms. The molecule has 2 aliphatic heterocycles. The van der Waals surface area contributed by atoms with E-state index in [0.29, 0.717) is 18.8 Å². The third-order valence-corrected chi connectivity index (χ3v) is 19.6. The molecule has 28 atom stereocenters. The molecule has 2 heterocycles. The second kappa shape index (κ2) is 19.0. The Hall–Kier alpha value is -1.39. The largest absolute Gasteiger partial charge is 0.432 e.